The van der Waals surface area contributed by atoms with Crippen molar-refractivity contribution in [3.8, 4) is 0 Å². The molecule has 0 bridgehead atoms. The average Bonchev–Trinajstić information content (AvgIpc) is 2.51. The van der Waals surface area contributed by atoms with Crippen molar-refractivity contribution in [2.24, 2.45) is 0 Å². The zero-order valence-corrected chi connectivity index (χ0v) is 12.7. The van der Waals surface area contributed by atoms with Gasteiger partial charge in [0.25, 0.3) is 0 Å². The predicted octanol–water partition coefficient (Wildman–Crippen LogP) is 2.40. The highest BCUT2D eigenvalue weighted by atomic mass is 15.3. The molecule has 1 aliphatic rings. The van der Waals surface area contributed by atoms with Crippen LogP contribution in [-0.2, 0) is 6.54 Å². The van der Waals surface area contributed by atoms with Crippen LogP contribution < -0.4 is 5.32 Å². The van der Waals surface area contributed by atoms with Crippen LogP contribution in [0.3, 0.4) is 0 Å². The SMILES string of the molecule is CC1(C)CNC(c2ccccc2)CN1Cc1ncccn1. The summed E-state index contributed by atoms with van der Waals surface area (Å²) in [5.41, 5.74) is 1.44. The van der Waals surface area contributed by atoms with Gasteiger partial charge in [-0.3, -0.25) is 4.90 Å². The lowest BCUT2D eigenvalue weighted by Crippen LogP contribution is -2.58. The van der Waals surface area contributed by atoms with Crippen molar-refractivity contribution in [3.05, 3.63) is 60.2 Å². The smallest absolute Gasteiger partial charge is 0.142 e. The summed E-state index contributed by atoms with van der Waals surface area (Å²) in [6.45, 7) is 7.25. The fourth-order valence-electron chi connectivity index (χ4n) is 2.79. The second-order valence-electron chi connectivity index (χ2n) is 6.20. The van der Waals surface area contributed by atoms with Crippen LogP contribution >= 0.6 is 0 Å². The molecule has 1 aromatic carbocycles. The Balaban J connectivity index is 1.77. The second kappa shape index (κ2) is 5.92. The van der Waals surface area contributed by atoms with Crippen LogP contribution in [0.4, 0.5) is 0 Å². The van der Waals surface area contributed by atoms with E-state index in [0.29, 0.717) is 6.04 Å². The first-order valence-corrected chi connectivity index (χ1v) is 7.44. The summed E-state index contributed by atoms with van der Waals surface area (Å²) in [5.74, 6) is 0.888. The van der Waals surface area contributed by atoms with E-state index >= 15 is 0 Å². The molecule has 1 N–H and O–H groups in total. The van der Waals surface area contributed by atoms with Gasteiger partial charge in [-0.1, -0.05) is 30.3 Å². The minimum absolute atomic E-state index is 0.102. The molecule has 1 aromatic heterocycles. The standard InChI is InChI=1S/C17H22N4/c1-17(2)13-20-15(14-7-4-3-5-8-14)11-21(17)12-16-18-9-6-10-19-16/h3-10,15,20H,11-13H2,1-2H3. The highest BCUT2D eigenvalue weighted by molar-refractivity contribution is 5.20. The Hall–Kier alpha value is -1.78. The monoisotopic (exact) mass is 282 g/mol. The number of nitrogens with zero attached hydrogens (tertiary/aromatic N) is 3. The molecular formula is C17H22N4. The molecule has 1 unspecified atom stereocenters. The van der Waals surface area contributed by atoms with Gasteiger partial charge >= 0.3 is 0 Å². The zero-order valence-electron chi connectivity index (χ0n) is 12.7. The van der Waals surface area contributed by atoms with Crippen LogP contribution in [0.15, 0.2) is 48.8 Å². The van der Waals surface area contributed by atoms with Gasteiger partial charge in [0.1, 0.15) is 5.82 Å². The van der Waals surface area contributed by atoms with E-state index < -0.39 is 0 Å². The fraction of sp³-hybridized carbons (Fsp3) is 0.412. The Morgan fingerprint density at radius 2 is 1.86 bits per heavy atom. The molecular weight excluding hydrogens is 260 g/mol. The minimum Gasteiger partial charge on any atom is -0.307 e. The Kier molecular flexibility index (Phi) is 3.99. The molecule has 0 aliphatic carbocycles. The normalized spacial score (nSPS) is 22.1. The molecule has 2 heterocycles. The summed E-state index contributed by atoms with van der Waals surface area (Å²) in [6, 6.07) is 12.9. The molecule has 3 rings (SSSR count). The molecule has 1 saturated heterocycles. The van der Waals surface area contributed by atoms with Crippen LogP contribution in [0.25, 0.3) is 0 Å². The maximum absolute atomic E-state index is 4.36. The van der Waals surface area contributed by atoms with Gasteiger partial charge in [-0.25, -0.2) is 9.97 Å². The highest BCUT2D eigenvalue weighted by Crippen LogP contribution is 2.26. The first-order chi connectivity index (χ1) is 10.1. The van der Waals surface area contributed by atoms with Crippen LogP contribution in [0.5, 0.6) is 0 Å². The fourth-order valence-corrected chi connectivity index (χ4v) is 2.79. The summed E-state index contributed by atoms with van der Waals surface area (Å²) in [5, 5.41) is 3.66. The van der Waals surface area contributed by atoms with Crippen molar-refractivity contribution in [3.63, 3.8) is 0 Å². The lowest BCUT2D eigenvalue weighted by molar-refractivity contribution is 0.0559. The Morgan fingerprint density at radius 1 is 1.14 bits per heavy atom. The van der Waals surface area contributed by atoms with Crippen molar-refractivity contribution in [1.29, 1.82) is 0 Å². The van der Waals surface area contributed by atoms with Gasteiger partial charge in [-0.15, -0.1) is 0 Å². The minimum atomic E-state index is 0.102. The number of nitrogens with one attached hydrogen (secondary N) is 1. The number of rotatable bonds is 3. The van der Waals surface area contributed by atoms with Crippen LogP contribution in [-0.4, -0.2) is 33.5 Å². The molecule has 0 amide bonds. The maximum atomic E-state index is 4.36. The summed E-state index contributed by atoms with van der Waals surface area (Å²) >= 11 is 0. The first kappa shape index (κ1) is 14.2. The summed E-state index contributed by atoms with van der Waals surface area (Å²) in [4.78, 5) is 11.2. The van der Waals surface area contributed by atoms with Gasteiger partial charge in [0.05, 0.1) is 6.54 Å². The van der Waals surface area contributed by atoms with E-state index in [9.17, 15) is 0 Å². The van der Waals surface area contributed by atoms with E-state index in [0.717, 1.165) is 25.5 Å². The van der Waals surface area contributed by atoms with Crippen LogP contribution in [0.1, 0.15) is 31.3 Å². The summed E-state index contributed by atoms with van der Waals surface area (Å²) in [7, 11) is 0. The van der Waals surface area contributed by atoms with Gasteiger partial charge in [0.15, 0.2) is 0 Å². The van der Waals surface area contributed by atoms with E-state index in [1.54, 1.807) is 0 Å². The average molecular weight is 282 g/mol. The predicted molar refractivity (Wildman–Crippen MR) is 83.7 cm³/mol. The van der Waals surface area contributed by atoms with Gasteiger partial charge in [-0.2, -0.15) is 0 Å². The quantitative estimate of drug-likeness (QED) is 0.938. The molecule has 110 valence electrons. The van der Waals surface area contributed by atoms with Crippen molar-refractivity contribution < 1.29 is 0 Å². The molecule has 0 radical (unpaired) electrons. The Morgan fingerprint density at radius 3 is 2.57 bits per heavy atom. The van der Waals surface area contributed by atoms with Gasteiger partial charge in [-0.05, 0) is 25.5 Å². The van der Waals surface area contributed by atoms with Gasteiger partial charge < -0.3 is 5.32 Å². The van der Waals surface area contributed by atoms with Crippen LogP contribution in [0.2, 0.25) is 0 Å². The molecule has 1 aliphatic heterocycles. The van der Waals surface area contributed by atoms with Crippen molar-refractivity contribution >= 4 is 0 Å². The molecule has 4 nitrogen and oxygen atoms in total. The summed E-state index contributed by atoms with van der Waals surface area (Å²) < 4.78 is 0. The van der Waals surface area contributed by atoms with Crippen molar-refractivity contribution in [2.45, 2.75) is 32.0 Å². The molecule has 21 heavy (non-hydrogen) atoms. The third-order valence-corrected chi connectivity index (χ3v) is 4.19. The molecule has 0 saturated carbocycles. The lowest BCUT2D eigenvalue weighted by atomic mass is 9.94. The van der Waals surface area contributed by atoms with Crippen molar-refractivity contribution in [2.75, 3.05) is 13.1 Å². The molecule has 2 aromatic rings. The molecule has 1 fully saturated rings. The largest absolute Gasteiger partial charge is 0.307 e. The van der Waals surface area contributed by atoms with Gasteiger partial charge in [0.2, 0.25) is 0 Å². The Bertz CT molecular complexity index is 568. The third-order valence-electron chi connectivity index (χ3n) is 4.19. The van der Waals surface area contributed by atoms with E-state index in [4.69, 9.17) is 0 Å². The molecule has 0 spiro atoms. The highest BCUT2D eigenvalue weighted by Gasteiger charge is 2.34. The zero-order chi connectivity index (χ0) is 14.7. The maximum Gasteiger partial charge on any atom is 0.142 e. The number of aromatic nitrogens is 2. The lowest BCUT2D eigenvalue weighted by Gasteiger charge is -2.46. The first-order valence-electron chi connectivity index (χ1n) is 7.44. The van der Waals surface area contributed by atoms with Crippen molar-refractivity contribution in [1.82, 2.24) is 20.2 Å². The topological polar surface area (TPSA) is 41.0 Å². The van der Waals surface area contributed by atoms with E-state index in [1.807, 2.05) is 18.5 Å². The van der Waals surface area contributed by atoms with E-state index in [1.165, 1.54) is 5.56 Å². The number of hydrogen-bond donors (Lipinski definition) is 1. The Labute approximate surface area is 126 Å². The molecule has 1 atom stereocenters. The second-order valence-corrected chi connectivity index (χ2v) is 6.20. The van der Waals surface area contributed by atoms with Gasteiger partial charge in [0, 0.05) is 37.1 Å². The van der Waals surface area contributed by atoms with E-state index in [-0.39, 0.29) is 5.54 Å². The number of hydrogen-bond acceptors (Lipinski definition) is 4. The summed E-state index contributed by atoms with van der Waals surface area (Å²) in [6.07, 6.45) is 3.62. The van der Waals surface area contributed by atoms with E-state index in [2.05, 4.69) is 64.4 Å². The number of benzene rings is 1. The third kappa shape index (κ3) is 3.28. The molecule has 4 heteroatoms. The number of piperazine rings is 1. The van der Waals surface area contributed by atoms with Crippen LogP contribution in [0, 0.1) is 0 Å².